The van der Waals surface area contributed by atoms with E-state index in [9.17, 15) is 18.0 Å². The number of piperazine rings is 1. The molecule has 1 amide bonds. The topological polar surface area (TPSA) is 84.0 Å². The molecule has 3 aromatic rings. The van der Waals surface area contributed by atoms with Gasteiger partial charge in [0, 0.05) is 32.3 Å². The van der Waals surface area contributed by atoms with Crippen molar-refractivity contribution < 1.29 is 22.7 Å². The van der Waals surface area contributed by atoms with Gasteiger partial charge in [-0.05, 0) is 34.5 Å². The van der Waals surface area contributed by atoms with Crippen molar-refractivity contribution in [2.45, 2.75) is 4.90 Å². The molecule has 3 aromatic carbocycles. The largest absolute Gasteiger partial charge is 0.452 e. The summed E-state index contributed by atoms with van der Waals surface area (Å²) in [5.74, 6) is -0.955. The second kappa shape index (κ2) is 9.97. The Balaban J connectivity index is 1.30. The van der Waals surface area contributed by atoms with Crippen LogP contribution in [0.15, 0.2) is 83.8 Å². The van der Waals surface area contributed by atoms with Gasteiger partial charge in [-0.15, -0.1) is 0 Å². The zero-order valence-electron chi connectivity index (χ0n) is 18.0. The number of carbonyl (C=O) groups excluding carboxylic acids is 2. The maximum Gasteiger partial charge on any atom is 0.331 e. The number of sulfonamides is 1. The Labute approximate surface area is 192 Å². The summed E-state index contributed by atoms with van der Waals surface area (Å²) in [6.45, 7) is 0.465. The normalized spacial score (nSPS) is 15.1. The molecule has 33 heavy (non-hydrogen) atoms. The highest BCUT2D eigenvalue weighted by Crippen LogP contribution is 2.22. The second-order valence-corrected chi connectivity index (χ2v) is 9.58. The maximum atomic E-state index is 13.1. The van der Waals surface area contributed by atoms with E-state index in [4.69, 9.17) is 4.74 Å². The number of hydrogen-bond acceptors (Lipinski definition) is 5. The highest BCUT2D eigenvalue weighted by Gasteiger charge is 2.30. The molecule has 7 nitrogen and oxygen atoms in total. The van der Waals surface area contributed by atoms with Gasteiger partial charge in [0.1, 0.15) is 0 Å². The first-order valence-corrected chi connectivity index (χ1v) is 12.0. The summed E-state index contributed by atoms with van der Waals surface area (Å²) in [4.78, 5) is 26.0. The first-order chi connectivity index (χ1) is 15.9. The second-order valence-electron chi connectivity index (χ2n) is 7.65. The van der Waals surface area contributed by atoms with Crippen molar-refractivity contribution >= 4 is 38.7 Å². The molecule has 0 bridgehead atoms. The fourth-order valence-electron chi connectivity index (χ4n) is 3.66. The van der Waals surface area contributed by atoms with Crippen LogP contribution in [-0.2, 0) is 24.3 Å². The van der Waals surface area contributed by atoms with Crippen molar-refractivity contribution in [3.8, 4) is 0 Å². The third-order valence-electron chi connectivity index (χ3n) is 5.50. The minimum Gasteiger partial charge on any atom is -0.452 e. The van der Waals surface area contributed by atoms with Crippen LogP contribution in [-0.4, -0.2) is 62.3 Å². The van der Waals surface area contributed by atoms with Gasteiger partial charge in [0.15, 0.2) is 6.61 Å². The Morgan fingerprint density at radius 3 is 2.24 bits per heavy atom. The Kier molecular flexibility index (Phi) is 6.86. The third-order valence-corrected chi connectivity index (χ3v) is 7.39. The van der Waals surface area contributed by atoms with Gasteiger partial charge in [-0.3, -0.25) is 4.79 Å². The first-order valence-electron chi connectivity index (χ1n) is 10.6. The number of esters is 1. The zero-order chi connectivity index (χ0) is 23.3. The molecular weight excluding hydrogens is 440 g/mol. The van der Waals surface area contributed by atoms with E-state index < -0.39 is 16.0 Å². The number of rotatable bonds is 6. The van der Waals surface area contributed by atoms with Crippen LogP contribution in [0.1, 0.15) is 5.56 Å². The summed E-state index contributed by atoms with van der Waals surface area (Å²) in [6, 6.07) is 21.9. The van der Waals surface area contributed by atoms with Gasteiger partial charge in [0.05, 0.1) is 4.90 Å². The molecule has 0 aromatic heterocycles. The van der Waals surface area contributed by atoms with Crippen LogP contribution in [0.2, 0.25) is 0 Å². The van der Waals surface area contributed by atoms with Crippen molar-refractivity contribution in [3.63, 3.8) is 0 Å². The van der Waals surface area contributed by atoms with Gasteiger partial charge in [0.2, 0.25) is 10.0 Å². The van der Waals surface area contributed by atoms with Gasteiger partial charge < -0.3 is 9.64 Å². The summed E-state index contributed by atoms with van der Waals surface area (Å²) >= 11 is 0. The number of carbonyl (C=O) groups is 2. The molecule has 4 rings (SSSR count). The van der Waals surface area contributed by atoms with Crippen molar-refractivity contribution in [1.29, 1.82) is 0 Å². The maximum absolute atomic E-state index is 13.1. The lowest BCUT2D eigenvalue weighted by Gasteiger charge is -2.33. The van der Waals surface area contributed by atoms with E-state index in [0.717, 1.165) is 16.3 Å². The monoisotopic (exact) mass is 464 g/mol. The van der Waals surface area contributed by atoms with Crippen LogP contribution in [0.4, 0.5) is 0 Å². The molecule has 1 aliphatic heterocycles. The average molecular weight is 465 g/mol. The van der Waals surface area contributed by atoms with Gasteiger partial charge in [-0.1, -0.05) is 60.7 Å². The molecule has 1 saturated heterocycles. The van der Waals surface area contributed by atoms with E-state index >= 15 is 0 Å². The molecule has 0 atom stereocenters. The van der Waals surface area contributed by atoms with Crippen LogP contribution < -0.4 is 0 Å². The summed E-state index contributed by atoms with van der Waals surface area (Å²) in [5, 5.41) is 1.83. The highest BCUT2D eigenvalue weighted by molar-refractivity contribution is 7.89. The number of amides is 1. The van der Waals surface area contributed by atoms with E-state index in [-0.39, 0.29) is 43.6 Å². The van der Waals surface area contributed by atoms with Crippen LogP contribution in [0.25, 0.3) is 16.8 Å². The van der Waals surface area contributed by atoms with Gasteiger partial charge >= 0.3 is 5.97 Å². The Morgan fingerprint density at radius 1 is 0.848 bits per heavy atom. The molecule has 0 N–H and O–H groups in total. The number of benzene rings is 3. The number of fused-ring (bicyclic) bond motifs is 1. The van der Waals surface area contributed by atoms with E-state index in [0.29, 0.717) is 0 Å². The lowest BCUT2D eigenvalue weighted by molar-refractivity contribution is -0.148. The predicted octanol–water partition coefficient (Wildman–Crippen LogP) is 2.93. The molecule has 8 heteroatoms. The quantitative estimate of drug-likeness (QED) is 0.414. The van der Waals surface area contributed by atoms with Crippen molar-refractivity contribution in [2.24, 2.45) is 0 Å². The molecule has 1 heterocycles. The average Bonchev–Trinajstić information content (AvgIpc) is 2.86. The molecule has 0 radical (unpaired) electrons. The van der Waals surface area contributed by atoms with E-state index in [2.05, 4.69) is 0 Å². The number of ether oxygens (including phenoxy) is 1. The fourth-order valence-corrected chi connectivity index (χ4v) is 5.11. The molecule has 1 fully saturated rings. The molecule has 0 saturated carbocycles. The minimum absolute atomic E-state index is 0.183. The van der Waals surface area contributed by atoms with Crippen LogP contribution in [0.3, 0.4) is 0 Å². The fraction of sp³-hybridized carbons (Fsp3) is 0.200. The summed E-state index contributed by atoms with van der Waals surface area (Å²) in [5.41, 5.74) is 0.851. The number of nitrogens with zero attached hydrogens (tertiary/aromatic N) is 2. The van der Waals surface area contributed by atoms with Crippen LogP contribution >= 0.6 is 0 Å². The molecule has 0 unspecified atom stereocenters. The van der Waals surface area contributed by atoms with E-state index in [1.54, 1.807) is 24.3 Å². The summed E-state index contributed by atoms with van der Waals surface area (Å²) in [7, 11) is -3.66. The lowest BCUT2D eigenvalue weighted by atomic mass is 10.1. The van der Waals surface area contributed by atoms with E-state index in [1.165, 1.54) is 15.3 Å². The Hall–Kier alpha value is -3.49. The van der Waals surface area contributed by atoms with Gasteiger partial charge in [-0.2, -0.15) is 4.31 Å². The van der Waals surface area contributed by atoms with Crippen molar-refractivity contribution in [1.82, 2.24) is 9.21 Å². The molecule has 170 valence electrons. The van der Waals surface area contributed by atoms with Crippen LogP contribution in [0, 0.1) is 0 Å². The van der Waals surface area contributed by atoms with Crippen molar-refractivity contribution in [2.75, 3.05) is 32.8 Å². The summed E-state index contributed by atoms with van der Waals surface area (Å²) < 4.78 is 32.5. The number of hydrogen-bond donors (Lipinski definition) is 0. The standard InChI is InChI=1S/C25H24N2O5S/c28-24(19-32-25(29)13-10-20-6-2-1-3-7-20)26-14-16-27(17-15-26)33(30,31)23-12-11-21-8-4-5-9-22(21)18-23/h1-13,18H,14-17,19H2/b13-10+. The predicted molar refractivity (Wildman–Crippen MR) is 126 cm³/mol. The SMILES string of the molecule is O=C(/C=C/c1ccccc1)OCC(=O)N1CCN(S(=O)(=O)c2ccc3ccccc3c2)CC1. The summed E-state index contributed by atoms with van der Waals surface area (Å²) in [6.07, 6.45) is 2.89. The van der Waals surface area contributed by atoms with Gasteiger partial charge in [0.25, 0.3) is 5.91 Å². The minimum atomic E-state index is -3.66. The molecular formula is C25H24N2O5S. The first kappa shape index (κ1) is 22.7. The molecule has 1 aliphatic rings. The van der Waals surface area contributed by atoms with Crippen molar-refractivity contribution in [3.05, 3.63) is 84.4 Å². The molecule has 0 aliphatic carbocycles. The van der Waals surface area contributed by atoms with Crippen LogP contribution in [0.5, 0.6) is 0 Å². The smallest absolute Gasteiger partial charge is 0.331 e. The lowest BCUT2D eigenvalue weighted by Crippen LogP contribution is -2.51. The highest BCUT2D eigenvalue weighted by atomic mass is 32.2. The van der Waals surface area contributed by atoms with Gasteiger partial charge in [-0.25, -0.2) is 13.2 Å². The van der Waals surface area contributed by atoms with E-state index in [1.807, 2.05) is 54.6 Å². The Bertz CT molecular complexity index is 1280. The molecule has 0 spiro atoms. The Morgan fingerprint density at radius 2 is 1.52 bits per heavy atom. The zero-order valence-corrected chi connectivity index (χ0v) is 18.8. The third kappa shape index (κ3) is 5.47.